The van der Waals surface area contributed by atoms with Gasteiger partial charge < -0.3 is 10.1 Å². The van der Waals surface area contributed by atoms with Crippen molar-refractivity contribution in [3.05, 3.63) is 59.9 Å². The molecule has 6 heteroatoms. The summed E-state index contributed by atoms with van der Waals surface area (Å²) in [5.41, 5.74) is 3.60. The minimum absolute atomic E-state index is 0.240. The third kappa shape index (κ3) is 4.09. The van der Waals surface area contributed by atoms with Crippen LogP contribution < -0.4 is 5.32 Å². The van der Waals surface area contributed by atoms with Gasteiger partial charge in [-0.15, -0.1) is 0 Å². The van der Waals surface area contributed by atoms with Crippen LogP contribution in [-0.4, -0.2) is 34.6 Å². The first-order chi connectivity index (χ1) is 12.2. The zero-order valence-corrected chi connectivity index (χ0v) is 14.3. The smallest absolute Gasteiger partial charge is 0.310 e. The van der Waals surface area contributed by atoms with Gasteiger partial charge in [0.25, 0.3) is 0 Å². The maximum Gasteiger partial charge on any atom is 0.310 e. The highest BCUT2D eigenvalue weighted by atomic mass is 16.5. The van der Waals surface area contributed by atoms with E-state index in [9.17, 15) is 4.79 Å². The van der Waals surface area contributed by atoms with E-state index >= 15 is 0 Å². The Morgan fingerprint density at radius 3 is 2.76 bits per heavy atom. The van der Waals surface area contributed by atoms with Crippen LogP contribution >= 0.6 is 0 Å². The van der Waals surface area contributed by atoms with Crippen molar-refractivity contribution >= 4 is 23.0 Å². The molecule has 0 aliphatic rings. The molecule has 2 heterocycles. The Kier molecular flexibility index (Phi) is 5.18. The number of methoxy groups -OCH3 is 1. The minimum Gasteiger partial charge on any atom is -0.469 e. The number of nitrogens with one attached hydrogen (secondary N) is 1. The number of fused-ring (bicyclic) bond motifs is 1. The summed E-state index contributed by atoms with van der Waals surface area (Å²) in [6.45, 7) is 2.47. The van der Waals surface area contributed by atoms with Gasteiger partial charge in [0.05, 0.1) is 13.0 Å². The lowest BCUT2D eigenvalue weighted by atomic mass is 9.96. The van der Waals surface area contributed by atoms with Gasteiger partial charge in [0.2, 0.25) is 0 Å². The van der Waals surface area contributed by atoms with E-state index in [-0.39, 0.29) is 11.9 Å². The van der Waals surface area contributed by atoms with Gasteiger partial charge in [0, 0.05) is 18.9 Å². The minimum atomic E-state index is -0.301. The number of esters is 1. The van der Waals surface area contributed by atoms with Crippen LogP contribution in [0.15, 0.2) is 48.8 Å². The first-order valence-corrected chi connectivity index (χ1v) is 8.11. The van der Waals surface area contributed by atoms with Gasteiger partial charge in [-0.2, -0.15) is 0 Å². The van der Waals surface area contributed by atoms with Crippen LogP contribution in [0.25, 0.3) is 11.2 Å². The second kappa shape index (κ2) is 7.70. The van der Waals surface area contributed by atoms with Crippen LogP contribution in [0, 0.1) is 12.8 Å². The maximum absolute atomic E-state index is 12.2. The van der Waals surface area contributed by atoms with Crippen molar-refractivity contribution in [1.29, 1.82) is 0 Å². The van der Waals surface area contributed by atoms with Crippen molar-refractivity contribution in [3.63, 3.8) is 0 Å². The number of ether oxygens (including phenoxy) is 1. The molecule has 0 amide bonds. The van der Waals surface area contributed by atoms with E-state index in [1.165, 1.54) is 7.11 Å². The Hall–Kier alpha value is -3.02. The summed E-state index contributed by atoms with van der Waals surface area (Å²) in [7, 11) is 1.41. The highest BCUT2D eigenvalue weighted by molar-refractivity contribution is 5.74. The number of aromatic nitrogens is 3. The fourth-order valence-corrected chi connectivity index (χ4v) is 2.69. The van der Waals surface area contributed by atoms with Crippen molar-refractivity contribution < 1.29 is 9.53 Å². The molecule has 3 aromatic rings. The highest BCUT2D eigenvalue weighted by Crippen LogP contribution is 2.16. The van der Waals surface area contributed by atoms with Crippen LogP contribution in [0.5, 0.6) is 0 Å². The number of pyridine rings is 1. The number of carbonyl (C=O) groups is 1. The predicted molar refractivity (Wildman–Crippen MR) is 96.2 cm³/mol. The van der Waals surface area contributed by atoms with E-state index in [0.717, 1.165) is 16.6 Å². The molecule has 0 bridgehead atoms. The van der Waals surface area contributed by atoms with E-state index in [2.05, 4.69) is 20.3 Å². The quantitative estimate of drug-likeness (QED) is 0.698. The molecule has 0 aliphatic heterocycles. The van der Waals surface area contributed by atoms with E-state index in [0.29, 0.717) is 24.4 Å². The Labute approximate surface area is 146 Å². The summed E-state index contributed by atoms with van der Waals surface area (Å²) in [6, 6.07) is 11.7. The molecule has 2 aromatic heterocycles. The topological polar surface area (TPSA) is 77.0 Å². The van der Waals surface area contributed by atoms with Gasteiger partial charge in [-0.1, -0.05) is 24.3 Å². The number of benzene rings is 1. The van der Waals surface area contributed by atoms with Crippen LogP contribution in [0.2, 0.25) is 0 Å². The van der Waals surface area contributed by atoms with Crippen molar-refractivity contribution in [2.45, 2.75) is 13.3 Å². The van der Waals surface area contributed by atoms with Gasteiger partial charge in [0.15, 0.2) is 5.65 Å². The summed E-state index contributed by atoms with van der Waals surface area (Å²) in [4.78, 5) is 25.0. The van der Waals surface area contributed by atoms with E-state index in [4.69, 9.17) is 4.74 Å². The summed E-state index contributed by atoms with van der Waals surface area (Å²) in [5.74, 6) is 0.119. The number of hydrogen-bond acceptors (Lipinski definition) is 6. The largest absolute Gasteiger partial charge is 0.469 e. The molecular formula is C19H20N4O2. The number of nitrogens with zero attached hydrogens (tertiary/aromatic N) is 3. The SMILES string of the molecule is COC(=O)C(CNc1ccc2nccnc2n1)Cc1ccccc1C. The van der Waals surface area contributed by atoms with Gasteiger partial charge >= 0.3 is 5.97 Å². The molecule has 1 atom stereocenters. The number of anilines is 1. The fourth-order valence-electron chi connectivity index (χ4n) is 2.69. The lowest BCUT2D eigenvalue weighted by molar-refractivity contribution is -0.144. The summed E-state index contributed by atoms with van der Waals surface area (Å²) in [6.07, 6.45) is 3.85. The van der Waals surface area contributed by atoms with Gasteiger partial charge in [-0.05, 0) is 36.6 Å². The van der Waals surface area contributed by atoms with Crippen LogP contribution in [-0.2, 0) is 16.0 Å². The zero-order chi connectivity index (χ0) is 17.6. The predicted octanol–water partition coefficient (Wildman–Crippen LogP) is 2.78. The Morgan fingerprint density at radius 2 is 1.96 bits per heavy atom. The van der Waals surface area contributed by atoms with E-state index in [1.54, 1.807) is 12.4 Å². The molecule has 0 saturated heterocycles. The molecule has 0 saturated carbocycles. The summed E-state index contributed by atoms with van der Waals surface area (Å²) < 4.78 is 4.96. The number of aryl methyl sites for hydroxylation is 1. The molecule has 0 spiro atoms. The average molecular weight is 336 g/mol. The number of hydrogen-bond donors (Lipinski definition) is 1. The Balaban J connectivity index is 1.73. The first kappa shape index (κ1) is 16.8. The van der Waals surface area contributed by atoms with Crippen molar-refractivity contribution in [2.75, 3.05) is 19.0 Å². The Morgan fingerprint density at radius 1 is 1.16 bits per heavy atom. The molecule has 1 unspecified atom stereocenters. The highest BCUT2D eigenvalue weighted by Gasteiger charge is 2.20. The summed E-state index contributed by atoms with van der Waals surface area (Å²) >= 11 is 0. The molecule has 1 N–H and O–H groups in total. The van der Waals surface area contributed by atoms with Crippen LogP contribution in [0.3, 0.4) is 0 Å². The maximum atomic E-state index is 12.2. The molecule has 0 fully saturated rings. The standard InChI is InChI=1S/C19H20N4O2/c1-13-5-3-4-6-14(13)11-15(19(24)25-2)12-22-17-8-7-16-18(23-17)21-10-9-20-16/h3-10,15H,11-12H2,1-2H3,(H,21,22,23). The van der Waals surface area contributed by atoms with E-state index in [1.807, 2.05) is 43.3 Å². The number of carbonyl (C=O) groups excluding carboxylic acids is 1. The summed E-state index contributed by atoms with van der Waals surface area (Å²) in [5, 5.41) is 3.21. The molecular weight excluding hydrogens is 316 g/mol. The fraction of sp³-hybridized carbons (Fsp3) is 0.263. The lowest BCUT2D eigenvalue weighted by Gasteiger charge is -2.17. The van der Waals surface area contributed by atoms with Gasteiger partial charge in [-0.3, -0.25) is 9.78 Å². The molecule has 1 aromatic carbocycles. The van der Waals surface area contributed by atoms with Gasteiger partial charge in [-0.25, -0.2) is 9.97 Å². The monoisotopic (exact) mass is 336 g/mol. The third-order valence-electron chi connectivity index (χ3n) is 4.12. The van der Waals surface area contributed by atoms with Crippen LogP contribution in [0.4, 0.5) is 5.82 Å². The zero-order valence-electron chi connectivity index (χ0n) is 14.3. The van der Waals surface area contributed by atoms with Crippen molar-refractivity contribution in [1.82, 2.24) is 15.0 Å². The molecule has 6 nitrogen and oxygen atoms in total. The molecule has 128 valence electrons. The molecule has 0 radical (unpaired) electrons. The van der Waals surface area contributed by atoms with Crippen molar-refractivity contribution in [3.8, 4) is 0 Å². The second-order valence-electron chi connectivity index (χ2n) is 5.83. The van der Waals surface area contributed by atoms with Crippen LogP contribution in [0.1, 0.15) is 11.1 Å². The Bertz CT molecular complexity index is 882. The number of rotatable bonds is 6. The normalized spacial score (nSPS) is 11.9. The second-order valence-corrected chi connectivity index (χ2v) is 5.83. The third-order valence-corrected chi connectivity index (χ3v) is 4.12. The van der Waals surface area contributed by atoms with Crippen molar-refractivity contribution in [2.24, 2.45) is 5.92 Å². The molecule has 25 heavy (non-hydrogen) atoms. The average Bonchev–Trinajstić information content (AvgIpc) is 2.65. The van der Waals surface area contributed by atoms with Gasteiger partial charge in [0.1, 0.15) is 11.3 Å². The molecule has 0 aliphatic carbocycles. The first-order valence-electron chi connectivity index (χ1n) is 8.11. The molecule has 3 rings (SSSR count). The van der Waals surface area contributed by atoms with E-state index < -0.39 is 0 Å². The lowest BCUT2D eigenvalue weighted by Crippen LogP contribution is -2.27.